The number of aliphatic hydroxyl groups excluding tert-OH is 2. The van der Waals surface area contributed by atoms with E-state index in [9.17, 15) is 0 Å². The van der Waals surface area contributed by atoms with Gasteiger partial charge in [0.1, 0.15) is 0 Å². The van der Waals surface area contributed by atoms with Crippen molar-refractivity contribution in [1.29, 1.82) is 0 Å². The van der Waals surface area contributed by atoms with Gasteiger partial charge in [-0.3, -0.25) is 0 Å². The van der Waals surface area contributed by atoms with Crippen LogP contribution in [0.25, 0.3) is 0 Å². The largest absolute Gasteiger partial charge is 0.396 e. The highest BCUT2D eigenvalue weighted by atomic mass is 16.5. The lowest BCUT2D eigenvalue weighted by Gasteiger charge is -2.02. The van der Waals surface area contributed by atoms with Crippen LogP contribution in [0.2, 0.25) is 0 Å². The van der Waals surface area contributed by atoms with Gasteiger partial charge in [0.2, 0.25) is 0 Å². The molecule has 0 amide bonds. The average Bonchev–Trinajstić information content (AvgIpc) is 2.20. The number of ether oxygens (including phenoxy) is 1. The van der Waals surface area contributed by atoms with Gasteiger partial charge in [-0.05, 0) is 19.8 Å². The summed E-state index contributed by atoms with van der Waals surface area (Å²) in [5, 5.41) is 16.9. The normalized spacial score (nSPS) is 11.8. The Kier molecular flexibility index (Phi) is 18.8. The summed E-state index contributed by atoms with van der Waals surface area (Å²) in [5.41, 5.74) is 0. The maximum atomic E-state index is 8.65. The van der Waals surface area contributed by atoms with E-state index in [1.165, 1.54) is 19.3 Å². The molecule has 0 aromatic rings. The highest BCUT2D eigenvalue weighted by Gasteiger charge is 1.91. The Bertz CT molecular complexity index is 90.9. The van der Waals surface area contributed by atoms with Gasteiger partial charge in [0, 0.05) is 13.2 Å². The van der Waals surface area contributed by atoms with Crippen molar-refractivity contribution in [2.45, 2.75) is 59.0 Å². The van der Waals surface area contributed by atoms with E-state index < -0.39 is 0 Å². The molecule has 0 fully saturated rings. The molecule has 0 radical (unpaired) electrons. The minimum atomic E-state index is -0.318. The molecule has 0 bridgehead atoms. The molecule has 0 heterocycles. The first-order chi connectivity index (χ1) is 7.18. The fourth-order valence-electron chi connectivity index (χ4n) is 0.937. The van der Waals surface area contributed by atoms with Gasteiger partial charge < -0.3 is 14.9 Å². The van der Waals surface area contributed by atoms with Gasteiger partial charge in [-0.1, -0.05) is 33.1 Å². The zero-order valence-corrected chi connectivity index (χ0v) is 10.5. The molecule has 1 atom stereocenters. The summed E-state index contributed by atoms with van der Waals surface area (Å²) >= 11 is 0. The third-order valence-electron chi connectivity index (χ3n) is 1.72. The fraction of sp³-hybridized carbons (Fsp3) is 1.00. The number of unbranched alkanes of at least 4 members (excludes halogenated alkanes) is 3. The van der Waals surface area contributed by atoms with Crippen molar-refractivity contribution in [1.82, 2.24) is 0 Å². The summed E-state index contributed by atoms with van der Waals surface area (Å²) < 4.78 is 4.99. The van der Waals surface area contributed by atoms with E-state index >= 15 is 0 Å². The molecule has 3 nitrogen and oxygen atoms in total. The summed E-state index contributed by atoms with van der Waals surface area (Å²) in [6.07, 6.45) is 5.38. The van der Waals surface area contributed by atoms with Crippen LogP contribution in [0, 0.1) is 0 Å². The Morgan fingerprint density at radius 3 is 2.13 bits per heavy atom. The molecule has 0 aliphatic carbocycles. The summed E-state index contributed by atoms with van der Waals surface area (Å²) in [5.74, 6) is 0. The van der Waals surface area contributed by atoms with Gasteiger partial charge >= 0.3 is 0 Å². The van der Waals surface area contributed by atoms with E-state index in [0.717, 1.165) is 19.4 Å². The Morgan fingerprint density at radius 1 is 1.07 bits per heavy atom. The second-order valence-electron chi connectivity index (χ2n) is 3.71. The van der Waals surface area contributed by atoms with Crippen LogP contribution >= 0.6 is 0 Å². The number of aliphatic hydroxyl groups is 2. The van der Waals surface area contributed by atoms with Crippen LogP contribution in [0.1, 0.15) is 52.9 Å². The van der Waals surface area contributed by atoms with Crippen molar-refractivity contribution in [2.75, 3.05) is 19.8 Å². The topological polar surface area (TPSA) is 49.7 Å². The predicted molar refractivity (Wildman–Crippen MR) is 64.0 cm³/mol. The van der Waals surface area contributed by atoms with E-state index in [4.69, 9.17) is 14.9 Å². The number of rotatable bonds is 8. The van der Waals surface area contributed by atoms with Gasteiger partial charge in [0.15, 0.2) is 0 Å². The average molecular weight is 220 g/mol. The van der Waals surface area contributed by atoms with Crippen molar-refractivity contribution in [3.8, 4) is 0 Å². The molecule has 0 aromatic heterocycles. The molecule has 15 heavy (non-hydrogen) atoms. The monoisotopic (exact) mass is 220 g/mol. The molecule has 3 heteroatoms. The molecular formula is C12H28O3. The lowest BCUT2D eigenvalue weighted by atomic mass is 10.2. The van der Waals surface area contributed by atoms with Gasteiger partial charge in [-0.2, -0.15) is 0 Å². The Labute approximate surface area is 94.5 Å². The van der Waals surface area contributed by atoms with E-state index in [1.807, 2.05) is 6.92 Å². The van der Waals surface area contributed by atoms with Gasteiger partial charge in [0.25, 0.3) is 0 Å². The van der Waals surface area contributed by atoms with Crippen LogP contribution in [0.3, 0.4) is 0 Å². The summed E-state index contributed by atoms with van der Waals surface area (Å²) in [6.45, 7) is 7.51. The molecule has 2 N–H and O–H groups in total. The quantitative estimate of drug-likeness (QED) is 0.617. The summed E-state index contributed by atoms with van der Waals surface area (Å²) in [6, 6.07) is 0. The van der Waals surface area contributed by atoms with Crippen LogP contribution in [0.4, 0.5) is 0 Å². The Balaban J connectivity index is 0. The van der Waals surface area contributed by atoms with Crippen LogP contribution in [0.15, 0.2) is 0 Å². The van der Waals surface area contributed by atoms with Crippen LogP contribution in [0.5, 0.6) is 0 Å². The number of hydrogen-bond donors (Lipinski definition) is 2. The highest BCUT2D eigenvalue weighted by Crippen LogP contribution is 1.96. The van der Waals surface area contributed by atoms with E-state index in [0.29, 0.717) is 13.2 Å². The number of hydrogen-bond acceptors (Lipinski definition) is 3. The Hall–Kier alpha value is -0.120. The smallest absolute Gasteiger partial charge is 0.0745 e. The van der Waals surface area contributed by atoms with Gasteiger partial charge in [0.05, 0.1) is 12.7 Å². The van der Waals surface area contributed by atoms with Crippen LogP contribution in [-0.4, -0.2) is 36.1 Å². The minimum Gasteiger partial charge on any atom is -0.396 e. The first-order valence-corrected chi connectivity index (χ1v) is 6.05. The van der Waals surface area contributed by atoms with Crippen molar-refractivity contribution in [3.63, 3.8) is 0 Å². The zero-order valence-electron chi connectivity index (χ0n) is 10.5. The SMILES string of the molecule is CCCCCCO.CCCOCC(C)O. The first kappa shape index (κ1) is 17.3. The summed E-state index contributed by atoms with van der Waals surface area (Å²) in [4.78, 5) is 0. The van der Waals surface area contributed by atoms with Gasteiger partial charge in [-0.15, -0.1) is 0 Å². The third-order valence-corrected chi connectivity index (χ3v) is 1.72. The maximum Gasteiger partial charge on any atom is 0.0745 e. The lowest BCUT2D eigenvalue weighted by molar-refractivity contribution is 0.0466. The molecule has 0 saturated carbocycles. The van der Waals surface area contributed by atoms with Crippen molar-refractivity contribution in [3.05, 3.63) is 0 Å². The van der Waals surface area contributed by atoms with E-state index in [-0.39, 0.29) is 6.10 Å². The maximum absolute atomic E-state index is 8.65. The van der Waals surface area contributed by atoms with E-state index in [1.54, 1.807) is 6.92 Å². The van der Waals surface area contributed by atoms with Crippen LogP contribution in [-0.2, 0) is 4.74 Å². The highest BCUT2D eigenvalue weighted by molar-refractivity contribution is 4.39. The fourth-order valence-corrected chi connectivity index (χ4v) is 0.937. The minimum absolute atomic E-state index is 0.318. The molecule has 0 rings (SSSR count). The molecule has 0 spiro atoms. The molecule has 0 aromatic carbocycles. The third kappa shape index (κ3) is 24.8. The second kappa shape index (κ2) is 16.3. The zero-order chi connectivity index (χ0) is 11.9. The molecular weight excluding hydrogens is 192 g/mol. The molecule has 0 saturated heterocycles. The predicted octanol–water partition coefficient (Wildman–Crippen LogP) is 2.35. The Morgan fingerprint density at radius 2 is 1.73 bits per heavy atom. The van der Waals surface area contributed by atoms with Gasteiger partial charge in [-0.25, -0.2) is 0 Å². The summed E-state index contributed by atoms with van der Waals surface area (Å²) in [7, 11) is 0. The lowest BCUT2D eigenvalue weighted by Crippen LogP contribution is -2.10. The molecule has 94 valence electrons. The van der Waals surface area contributed by atoms with Crippen molar-refractivity contribution in [2.24, 2.45) is 0 Å². The van der Waals surface area contributed by atoms with Crippen LogP contribution < -0.4 is 0 Å². The first-order valence-electron chi connectivity index (χ1n) is 6.05. The standard InChI is InChI=1S/C6H14O2.C6H14O/c1-3-4-8-5-6(2)7;1-2-3-4-5-6-7/h6-7H,3-5H2,1-2H3;7H,2-6H2,1H3. The second-order valence-corrected chi connectivity index (χ2v) is 3.71. The molecule has 0 aliphatic heterocycles. The molecule has 1 unspecified atom stereocenters. The molecule has 0 aliphatic rings. The van der Waals surface area contributed by atoms with E-state index in [2.05, 4.69) is 6.92 Å². The van der Waals surface area contributed by atoms with Crippen molar-refractivity contribution < 1.29 is 14.9 Å². The van der Waals surface area contributed by atoms with Crippen molar-refractivity contribution >= 4 is 0 Å².